The van der Waals surface area contributed by atoms with Gasteiger partial charge in [0.1, 0.15) is 11.2 Å². The van der Waals surface area contributed by atoms with Crippen molar-refractivity contribution in [2.24, 2.45) is 0 Å². The Labute approximate surface area is 315 Å². The topological polar surface area (TPSA) is 23.0 Å². The summed E-state index contributed by atoms with van der Waals surface area (Å²) < 4.78 is 11.7. The van der Waals surface area contributed by atoms with E-state index in [9.17, 15) is 0 Å². The van der Waals surface area contributed by atoms with Crippen LogP contribution in [0.2, 0.25) is 0 Å². The maximum atomic E-state index is 6.81. The van der Waals surface area contributed by atoms with Crippen molar-refractivity contribution >= 4 is 76.3 Å². The van der Waals surface area contributed by atoms with Gasteiger partial charge >= 0.3 is 0 Å². The standard InChI is InChI=1S/C52H30N2O/c1-2-12-36-35(11-1)39-16-9-18-42-47(39)50-48-40(36)17-10-21-45(48)54(51(50)49-41-15-5-8-22-46(41)55-52(42)49)34-29-25-32(26-30-34)31-23-27-33(28-24-31)53-43-19-6-3-13-37(43)38-14-4-7-20-44(38)53/h1-30H. The second-order valence-electron chi connectivity index (χ2n) is 14.8. The van der Waals surface area contributed by atoms with E-state index in [0.717, 1.165) is 38.7 Å². The van der Waals surface area contributed by atoms with Crippen LogP contribution in [0.1, 0.15) is 0 Å². The van der Waals surface area contributed by atoms with Crippen LogP contribution in [0.4, 0.5) is 0 Å². The van der Waals surface area contributed by atoms with Crippen LogP contribution in [0.15, 0.2) is 186 Å². The van der Waals surface area contributed by atoms with Gasteiger partial charge in [0.2, 0.25) is 0 Å². The van der Waals surface area contributed by atoms with Gasteiger partial charge in [0.15, 0.2) is 0 Å². The highest BCUT2D eigenvalue weighted by Crippen LogP contribution is 2.53. The van der Waals surface area contributed by atoms with Crippen molar-refractivity contribution in [2.75, 3.05) is 0 Å². The SMILES string of the molecule is c1ccc2c(c1)-c1cccc3c4oc5ccccc5c4c4c(c13)c1c-2cccc1n4-c1ccc(-c2ccc(-n3c4ccccc4c4ccccc43)cc2)cc1. The average molecular weight is 699 g/mol. The highest BCUT2D eigenvalue weighted by molar-refractivity contribution is 6.40. The minimum atomic E-state index is 0.908. The molecule has 0 bridgehead atoms. The summed E-state index contributed by atoms with van der Waals surface area (Å²) in [6.45, 7) is 0. The van der Waals surface area contributed by atoms with Crippen molar-refractivity contribution < 1.29 is 4.42 Å². The Morgan fingerprint density at radius 3 is 1.47 bits per heavy atom. The fourth-order valence-corrected chi connectivity index (χ4v) is 9.78. The minimum absolute atomic E-state index is 0.908. The van der Waals surface area contributed by atoms with E-state index in [0.29, 0.717) is 0 Å². The number of para-hydroxylation sites is 3. The quantitative estimate of drug-likeness (QED) is 0.180. The molecule has 0 saturated heterocycles. The van der Waals surface area contributed by atoms with E-state index in [-0.39, 0.29) is 0 Å². The van der Waals surface area contributed by atoms with Crippen molar-refractivity contribution in [3.63, 3.8) is 0 Å². The first-order chi connectivity index (χ1) is 27.3. The lowest BCUT2D eigenvalue weighted by Gasteiger charge is -2.15. The third-order valence-electron chi connectivity index (χ3n) is 12.1. The molecule has 0 unspecified atom stereocenters. The van der Waals surface area contributed by atoms with Gasteiger partial charge in [0.25, 0.3) is 0 Å². The van der Waals surface area contributed by atoms with Crippen molar-refractivity contribution in [3.05, 3.63) is 182 Å². The summed E-state index contributed by atoms with van der Waals surface area (Å²) in [6, 6.07) is 66.3. The minimum Gasteiger partial charge on any atom is -0.455 e. The first-order valence-corrected chi connectivity index (χ1v) is 18.9. The molecule has 9 aromatic carbocycles. The smallest absolute Gasteiger partial charge is 0.145 e. The molecule has 0 saturated carbocycles. The zero-order valence-corrected chi connectivity index (χ0v) is 29.6. The summed E-state index contributed by atoms with van der Waals surface area (Å²) in [7, 11) is 0. The molecule has 0 radical (unpaired) electrons. The van der Waals surface area contributed by atoms with Crippen molar-refractivity contribution in [1.82, 2.24) is 9.13 Å². The summed E-state index contributed by atoms with van der Waals surface area (Å²) in [4.78, 5) is 0. The molecular weight excluding hydrogens is 669 g/mol. The predicted molar refractivity (Wildman–Crippen MR) is 230 cm³/mol. The summed E-state index contributed by atoms with van der Waals surface area (Å²) in [5.74, 6) is 0. The highest BCUT2D eigenvalue weighted by Gasteiger charge is 2.28. The van der Waals surface area contributed by atoms with Crippen molar-refractivity contribution in [3.8, 4) is 44.8 Å². The molecule has 0 N–H and O–H groups in total. The molecule has 0 fully saturated rings. The number of hydrogen-bond donors (Lipinski definition) is 0. The fraction of sp³-hybridized carbons (Fsp3) is 0. The van der Waals surface area contributed by atoms with Crippen LogP contribution in [0.25, 0.3) is 121 Å². The Morgan fingerprint density at radius 1 is 0.309 bits per heavy atom. The van der Waals surface area contributed by atoms with Crippen LogP contribution in [-0.2, 0) is 0 Å². The number of nitrogens with zero attached hydrogens (tertiary/aromatic N) is 2. The van der Waals surface area contributed by atoms with Gasteiger partial charge < -0.3 is 13.6 Å². The second kappa shape index (κ2) is 10.6. The molecule has 55 heavy (non-hydrogen) atoms. The van der Waals surface area contributed by atoms with Gasteiger partial charge in [-0.3, -0.25) is 0 Å². The normalized spacial score (nSPS) is 12.4. The van der Waals surface area contributed by atoms with Gasteiger partial charge in [-0.05, 0) is 81.9 Å². The maximum Gasteiger partial charge on any atom is 0.145 e. The van der Waals surface area contributed by atoms with Crippen LogP contribution in [0.3, 0.4) is 0 Å². The third kappa shape index (κ3) is 3.79. The van der Waals surface area contributed by atoms with Crippen LogP contribution in [0.5, 0.6) is 0 Å². The van der Waals surface area contributed by atoms with E-state index in [1.54, 1.807) is 0 Å². The fourth-order valence-electron chi connectivity index (χ4n) is 9.78. The molecule has 0 atom stereocenters. The van der Waals surface area contributed by atoms with Gasteiger partial charge in [0.05, 0.1) is 27.5 Å². The highest BCUT2D eigenvalue weighted by atomic mass is 16.3. The molecule has 1 aliphatic rings. The zero-order valence-electron chi connectivity index (χ0n) is 29.6. The predicted octanol–water partition coefficient (Wildman–Crippen LogP) is 14.2. The van der Waals surface area contributed by atoms with E-state index in [4.69, 9.17) is 4.42 Å². The number of furan rings is 1. The van der Waals surface area contributed by atoms with Crippen molar-refractivity contribution in [1.29, 1.82) is 0 Å². The Kier molecular flexibility index (Phi) is 5.63. The molecule has 12 aromatic rings. The lowest BCUT2D eigenvalue weighted by molar-refractivity contribution is 0.673. The van der Waals surface area contributed by atoms with E-state index >= 15 is 0 Å². The number of fused-ring (bicyclic) bond motifs is 11. The Bertz CT molecular complexity index is 3520. The van der Waals surface area contributed by atoms with E-state index in [1.807, 2.05) is 0 Å². The molecule has 0 spiro atoms. The number of benzene rings is 9. The summed E-state index contributed by atoms with van der Waals surface area (Å²) in [5, 5.41) is 9.83. The van der Waals surface area contributed by atoms with E-state index in [2.05, 4.69) is 191 Å². The summed E-state index contributed by atoms with van der Waals surface area (Å²) in [5.41, 5.74) is 16.4. The van der Waals surface area contributed by atoms with Gasteiger partial charge in [-0.1, -0.05) is 133 Å². The Balaban J connectivity index is 1.04. The molecule has 254 valence electrons. The average Bonchev–Trinajstić information content (AvgIpc) is 3.89. The molecule has 0 aliphatic heterocycles. The number of aromatic nitrogens is 2. The number of hydrogen-bond acceptors (Lipinski definition) is 1. The first kappa shape index (κ1) is 29.1. The summed E-state index contributed by atoms with van der Waals surface area (Å²) >= 11 is 0. The van der Waals surface area contributed by atoms with Crippen LogP contribution in [-0.4, -0.2) is 9.13 Å². The lowest BCUT2D eigenvalue weighted by atomic mass is 9.92. The Morgan fingerprint density at radius 2 is 0.800 bits per heavy atom. The van der Waals surface area contributed by atoms with Crippen molar-refractivity contribution in [2.45, 2.75) is 0 Å². The lowest BCUT2D eigenvalue weighted by Crippen LogP contribution is -1.96. The molecule has 13 rings (SSSR count). The molecule has 1 aliphatic carbocycles. The largest absolute Gasteiger partial charge is 0.455 e. The summed E-state index contributed by atoms with van der Waals surface area (Å²) in [6.07, 6.45) is 0. The Hall–Kier alpha value is -7.36. The molecule has 3 nitrogen and oxygen atoms in total. The van der Waals surface area contributed by atoms with Gasteiger partial charge in [-0.2, -0.15) is 0 Å². The number of rotatable bonds is 3. The third-order valence-corrected chi connectivity index (χ3v) is 12.1. The van der Waals surface area contributed by atoms with Gasteiger partial charge in [-0.15, -0.1) is 0 Å². The monoisotopic (exact) mass is 698 g/mol. The second-order valence-corrected chi connectivity index (χ2v) is 14.8. The van der Waals surface area contributed by atoms with Crippen LogP contribution in [0, 0.1) is 0 Å². The first-order valence-electron chi connectivity index (χ1n) is 18.9. The molecule has 0 amide bonds. The van der Waals surface area contributed by atoms with Gasteiger partial charge in [-0.25, -0.2) is 0 Å². The van der Waals surface area contributed by atoms with Crippen LogP contribution < -0.4 is 0 Å². The van der Waals surface area contributed by atoms with Crippen LogP contribution >= 0.6 is 0 Å². The zero-order chi connectivity index (χ0) is 35.8. The molecule has 3 aromatic heterocycles. The van der Waals surface area contributed by atoms with E-state index in [1.165, 1.54) is 82.4 Å². The van der Waals surface area contributed by atoms with Gasteiger partial charge in [0, 0.05) is 49.1 Å². The maximum absolute atomic E-state index is 6.81. The molecular formula is C52H30N2O. The van der Waals surface area contributed by atoms with E-state index < -0.39 is 0 Å². The molecule has 3 heterocycles. The molecule has 3 heteroatoms.